The van der Waals surface area contributed by atoms with Gasteiger partial charge in [0.15, 0.2) is 6.67 Å². The van der Waals surface area contributed by atoms with Crippen molar-refractivity contribution in [1.82, 2.24) is 9.55 Å². The highest BCUT2D eigenvalue weighted by molar-refractivity contribution is 5.79. The minimum absolute atomic E-state index is 0.0672. The Kier molecular flexibility index (Phi) is 4.13. The fourth-order valence-corrected chi connectivity index (χ4v) is 3.56. The number of para-hydroxylation sites is 1. The van der Waals surface area contributed by atoms with Crippen LogP contribution in [0.5, 0.6) is 0 Å². The first-order valence-electron chi connectivity index (χ1n) is 8.71. The van der Waals surface area contributed by atoms with Crippen molar-refractivity contribution < 1.29 is 4.90 Å². The third kappa shape index (κ3) is 2.85. The molecule has 0 aliphatic carbocycles. The number of aromatic nitrogens is 2. The van der Waals surface area contributed by atoms with Crippen LogP contribution in [0.3, 0.4) is 0 Å². The van der Waals surface area contributed by atoms with E-state index in [-0.39, 0.29) is 5.56 Å². The van der Waals surface area contributed by atoms with E-state index in [9.17, 15) is 4.79 Å². The van der Waals surface area contributed by atoms with Gasteiger partial charge in [0.1, 0.15) is 5.82 Å². The Morgan fingerprint density at radius 3 is 2.42 bits per heavy atom. The number of hydrogen-bond acceptors (Lipinski definition) is 2. The van der Waals surface area contributed by atoms with E-state index in [1.807, 2.05) is 59.2 Å². The summed E-state index contributed by atoms with van der Waals surface area (Å²) in [6, 6.07) is 17.7. The van der Waals surface area contributed by atoms with Crippen LogP contribution >= 0.6 is 0 Å². The number of likely N-dealkylation sites (tertiary alicyclic amines) is 1. The summed E-state index contributed by atoms with van der Waals surface area (Å²) < 4.78 is 1.87. The zero-order valence-corrected chi connectivity index (χ0v) is 13.7. The highest BCUT2D eigenvalue weighted by Crippen LogP contribution is 2.18. The Morgan fingerprint density at radius 2 is 1.62 bits per heavy atom. The van der Waals surface area contributed by atoms with Gasteiger partial charge in [0.05, 0.1) is 24.0 Å². The number of quaternary nitrogens is 1. The van der Waals surface area contributed by atoms with Gasteiger partial charge < -0.3 is 4.90 Å². The van der Waals surface area contributed by atoms with Crippen LogP contribution in [-0.2, 0) is 6.67 Å². The molecule has 2 heterocycles. The van der Waals surface area contributed by atoms with Gasteiger partial charge in [0.25, 0.3) is 5.56 Å². The molecule has 3 aromatic rings. The van der Waals surface area contributed by atoms with Gasteiger partial charge in [-0.1, -0.05) is 42.5 Å². The Hall–Kier alpha value is -2.46. The minimum atomic E-state index is 0.0672. The van der Waals surface area contributed by atoms with Crippen molar-refractivity contribution >= 4 is 10.9 Å². The van der Waals surface area contributed by atoms with E-state index >= 15 is 0 Å². The van der Waals surface area contributed by atoms with Crippen LogP contribution in [0.25, 0.3) is 22.3 Å². The van der Waals surface area contributed by atoms with E-state index in [2.05, 4.69) is 0 Å². The molecule has 0 atom stereocenters. The molecule has 4 rings (SSSR count). The molecular formula is C20H22N3O+. The smallest absolute Gasteiger partial charge is 0.266 e. The number of benzene rings is 2. The van der Waals surface area contributed by atoms with Crippen LogP contribution in [0.2, 0.25) is 0 Å². The van der Waals surface area contributed by atoms with Crippen LogP contribution in [0.1, 0.15) is 19.3 Å². The highest BCUT2D eigenvalue weighted by Gasteiger charge is 2.19. The van der Waals surface area contributed by atoms with Gasteiger partial charge >= 0.3 is 0 Å². The quantitative estimate of drug-likeness (QED) is 0.803. The van der Waals surface area contributed by atoms with E-state index in [1.54, 1.807) is 0 Å². The van der Waals surface area contributed by atoms with Crippen molar-refractivity contribution in [3.05, 3.63) is 65.0 Å². The fraction of sp³-hybridized carbons (Fsp3) is 0.300. The van der Waals surface area contributed by atoms with Gasteiger partial charge in [-0.25, -0.2) is 9.55 Å². The molecule has 122 valence electrons. The van der Waals surface area contributed by atoms with Crippen molar-refractivity contribution in [2.24, 2.45) is 0 Å². The lowest BCUT2D eigenvalue weighted by atomic mass is 10.1. The molecule has 0 spiro atoms. The Morgan fingerprint density at radius 1 is 0.917 bits per heavy atom. The van der Waals surface area contributed by atoms with Crippen LogP contribution in [0.15, 0.2) is 59.4 Å². The molecule has 4 nitrogen and oxygen atoms in total. The Balaban J connectivity index is 1.88. The van der Waals surface area contributed by atoms with Crippen molar-refractivity contribution in [2.45, 2.75) is 25.9 Å². The number of fused-ring (bicyclic) bond motifs is 1. The summed E-state index contributed by atoms with van der Waals surface area (Å²) in [5, 5.41) is 0.702. The SMILES string of the molecule is O=c1c2ccccc2nc(-c2ccccc2)n1C[NH+]1CCCCC1. The number of rotatable bonds is 3. The third-order valence-electron chi connectivity index (χ3n) is 4.84. The molecule has 1 aliphatic heterocycles. The van der Waals surface area contributed by atoms with Gasteiger partial charge in [-0.15, -0.1) is 0 Å². The molecule has 1 aromatic heterocycles. The standard InChI is InChI=1S/C20H21N3O/c24-20-17-11-5-6-12-18(17)21-19(16-9-3-1-4-10-16)23(20)15-22-13-7-2-8-14-22/h1,3-6,9-12H,2,7-8,13-15H2/p+1. The molecular weight excluding hydrogens is 298 g/mol. The predicted octanol–water partition coefficient (Wildman–Crippen LogP) is 2.09. The van der Waals surface area contributed by atoms with Gasteiger partial charge in [-0.2, -0.15) is 0 Å². The Labute approximate surface area is 141 Å². The molecule has 24 heavy (non-hydrogen) atoms. The van der Waals surface area contributed by atoms with E-state index in [0.717, 1.165) is 30.0 Å². The molecule has 1 aliphatic rings. The summed E-state index contributed by atoms with van der Waals surface area (Å²) in [6.45, 7) is 2.96. The van der Waals surface area contributed by atoms with Gasteiger partial charge in [-0.05, 0) is 31.4 Å². The lowest BCUT2D eigenvalue weighted by Crippen LogP contribution is -3.12. The molecule has 2 aromatic carbocycles. The van der Waals surface area contributed by atoms with Gasteiger partial charge in [0.2, 0.25) is 0 Å². The van der Waals surface area contributed by atoms with Gasteiger partial charge in [0, 0.05) is 5.56 Å². The van der Waals surface area contributed by atoms with Crippen molar-refractivity contribution in [3.63, 3.8) is 0 Å². The normalized spacial score (nSPS) is 15.7. The molecule has 0 bridgehead atoms. The monoisotopic (exact) mass is 320 g/mol. The molecule has 1 N–H and O–H groups in total. The number of nitrogens with one attached hydrogen (secondary N) is 1. The zero-order chi connectivity index (χ0) is 16.4. The maximum absolute atomic E-state index is 13.1. The average Bonchev–Trinajstić information content (AvgIpc) is 2.65. The maximum Gasteiger partial charge on any atom is 0.266 e. The van der Waals surface area contributed by atoms with E-state index in [0.29, 0.717) is 12.1 Å². The van der Waals surface area contributed by atoms with Crippen LogP contribution in [-0.4, -0.2) is 22.6 Å². The van der Waals surface area contributed by atoms with Crippen molar-refractivity contribution in [3.8, 4) is 11.4 Å². The summed E-state index contributed by atoms with van der Waals surface area (Å²) in [5.74, 6) is 0.775. The molecule has 0 radical (unpaired) electrons. The second-order valence-corrected chi connectivity index (χ2v) is 6.52. The van der Waals surface area contributed by atoms with Crippen LogP contribution in [0, 0.1) is 0 Å². The summed E-state index contributed by atoms with van der Waals surface area (Å²) >= 11 is 0. The third-order valence-corrected chi connectivity index (χ3v) is 4.84. The lowest BCUT2D eigenvalue weighted by molar-refractivity contribution is -0.927. The Bertz CT molecular complexity index is 896. The summed E-state index contributed by atoms with van der Waals surface area (Å²) in [4.78, 5) is 19.4. The van der Waals surface area contributed by atoms with Crippen molar-refractivity contribution in [1.29, 1.82) is 0 Å². The molecule has 1 saturated heterocycles. The number of nitrogens with zero attached hydrogens (tertiary/aromatic N) is 2. The first kappa shape index (κ1) is 15.1. The largest absolute Gasteiger partial charge is 0.317 e. The first-order valence-corrected chi connectivity index (χ1v) is 8.71. The van der Waals surface area contributed by atoms with E-state index < -0.39 is 0 Å². The van der Waals surface area contributed by atoms with Gasteiger partial charge in [-0.3, -0.25) is 4.79 Å². The molecule has 1 fully saturated rings. The van der Waals surface area contributed by atoms with Crippen LogP contribution in [0.4, 0.5) is 0 Å². The molecule has 0 saturated carbocycles. The lowest BCUT2D eigenvalue weighted by Gasteiger charge is -2.25. The second kappa shape index (κ2) is 6.57. The molecule has 0 unspecified atom stereocenters. The van der Waals surface area contributed by atoms with E-state index in [4.69, 9.17) is 4.98 Å². The number of piperidine rings is 1. The summed E-state index contributed by atoms with van der Waals surface area (Å²) in [7, 11) is 0. The summed E-state index contributed by atoms with van der Waals surface area (Å²) in [6.07, 6.45) is 3.79. The first-order chi connectivity index (χ1) is 11.8. The number of hydrogen-bond donors (Lipinski definition) is 1. The maximum atomic E-state index is 13.1. The molecule has 0 amide bonds. The molecule has 4 heteroatoms. The average molecular weight is 320 g/mol. The van der Waals surface area contributed by atoms with E-state index in [1.165, 1.54) is 24.2 Å². The second-order valence-electron chi connectivity index (χ2n) is 6.52. The van der Waals surface area contributed by atoms with Crippen molar-refractivity contribution in [2.75, 3.05) is 13.1 Å². The zero-order valence-electron chi connectivity index (χ0n) is 13.7. The predicted molar refractivity (Wildman–Crippen MR) is 96.0 cm³/mol. The fourth-order valence-electron chi connectivity index (χ4n) is 3.56. The minimum Gasteiger partial charge on any atom is -0.317 e. The topological polar surface area (TPSA) is 39.3 Å². The highest BCUT2D eigenvalue weighted by atomic mass is 16.1. The van der Waals surface area contributed by atoms with Crippen LogP contribution < -0.4 is 10.5 Å². The summed E-state index contributed by atoms with van der Waals surface area (Å²) in [5.41, 5.74) is 1.83.